The summed E-state index contributed by atoms with van der Waals surface area (Å²) in [7, 11) is 1.60. The van der Waals surface area contributed by atoms with Gasteiger partial charge in [-0.1, -0.05) is 30.9 Å². The number of rotatable bonds is 9. The van der Waals surface area contributed by atoms with E-state index in [1.807, 2.05) is 30.4 Å². The third-order valence-corrected chi connectivity index (χ3v) is 2.68. The Balaban J connectivity index is 2.49. The maximum atomic E-state index is 10.6. The Morgan fingerprint density at radius 1 is 1.33 bits per heavy atom. The van der Waals surface area contributed by atoms with Crippen LogP contribution in [0.25, 0.3) is 0 Å². The van der Waals surface area contributed by atoms with Crippen molar-refractivity contribution in [1.29, 1.82) is 0 Å². The van der Waals surface area contributed by atoms with Gasteiger partial charge in [0.25, 0.3) is 0 Å². The zero-order valence-electron chi connectivity index (χ0n) is 12.1. The van der Waals surface area contributed by atoms with E-state index in [-0.39, 0.29) is 6.42 Å². The normalized spacial score (nSPS) is 11.4. The maximum absolute atomic E-state index is 10.6. The topological polar surface area (TPSA) is 55.8 Å². The van der Waals surface area contributed by atoms with Crippen molar-refractivity contribution in [3.05, 3.63) is 60.7 Å². The molecule has 0 unspecified atom stereocenters. The molecule has 0 bridgehead atoms. The van der Waals surface area contributed by atoms with Gasteiger partial charge in [0.1, 0.15) is 18.1 Å². The molecule has 1 aromatic carbocycles. The molecule has 0 aromatic heterocycles. The molecule has 21 heavy (non-hydrogen) atoms. The number of carboxylic acids is 1. The molecular formula is C17H20O4. The van der Waals surface area contributed by atoms with Crippen LogP contribution in [0.1, 0.15) is 12.8 Å². The second kappa shape index (κ2) is 9.42. The number of hydrogen-bond acceptors (Lipinski definition) is 3. The fraction of sp³-hybridized carbons (Fsp3) is 0.235. The molecule has 0 atom stereocenters. The molecule has 0 radical (unpaired) electrons. The highest BCUT2D eigenvalue weighted by Crippen LogP contribution is 2.18. The van der Waals surface area contributed by atoms with Crippen molar-refractivity contribution in [2.24, 2.45) is 0 Å². The van der Waals surface area contributed by atoms with Crippen LogP contribution in [0, 0.1) is 0 Å². The number of allylic oxidation sites excluding steroid dienone is 4. The van der Waals surface area contributed by atoms with Crippen molar-refractivity contribution in [2.45, 2.75) is 12.8 Å². The van der Waals surface area contributed by atoms with Gasteiger partial charge in [-0.2, -0.15) is 0 Å². The Labute approximate surface area is 125 Å². The van der Waals surface area contributed by atoms with Gasteiger partial charge in [-0.15, -0.1) is 0 Å². The third kappa shape index (κ3) is 7.01. The van der Waals surface area contributed by atoms with Crippen molar-refractivity contribution >= 4 is 5.97 Å². The Morgan fingerprint density at radius 3 is 2.76 bits per heavy atom. The number of ether oxygens (including phenoxy) is 2. The molecule has 1 aromatic rings. The Hall–Kier alpha value is -2.49. The van der Waals surface area contributed by atoms with Gasteiger partial charge in [0.2, 0.25) is 0 Å². The first-order chi connectivity index (χ1) is 10.2. The van der Waals surface area contributed by atoms with Crippen molar-refractivity contribution in [3.8, 4) is 11.5 Å². The van der Waals surface area contributed by atoms with E-state index in [9.17, 15) is 4.79 Å². The van der Waals surface area contributed by atoms with Crippen LogP contribution in [0.2, 0.25) is 0 Å². The minimum atomic E-state index is -0.814. The van der Waals surface area contributed by atoms with Crippen LogP contribution in [0.15, 0.2) is 60.7 Å². The van der Waals surface area contributed by atoms with Crippen molar-refractivity contribution in [1.82, 2.24) is 0 Å². The molecule has 0 aliphatic carbocycles. The molecule has 0 heterocycles. The predicted molar refractivity (Wildman–Crippen MR) is 82.8 cm³/mol. The highest BCUT2D eigenvalue weighted by molar-refractivity contribution is 5.67. The van der Waals surface area contributed by atoms with Crippen molar-refractivity contribution in [2.75, 3.05) is 13.7 Å². The average molecular weight is 288 g/mol. The molecule has 0 aliphatic heterocycles. The van der Waals surface area contributed by atoms with Gasteiger partial charge in [0, 0.05) is 12.5 Å². The lowest BCUT2D eigenvalue weighted by molar-refractivity contribution is -0.136. The molecule has 4 nitrogen and oxygen atoms in total. The number of methoxy groups -OCH3 is 1. The monoisotopic (exact) mass is 288 g/mol. The quantitative estimate of drug-likeness (QED) is 0.705. The van der Waals surface area contributed by atoms with Gasteiger partial charge in [0.15, 0.2) is 0 Å². The van der Waals surface area contributed by atoms with E-state index in [2.05, 4.69) is 6.58 Å². The smallest absolute Gasteiger partial charge is 0.303 e. The Kier molecular flexibility index (Phi) is 7.43. The van der Waals surface area contributed by atoms with Crippen LogP contribution in [-0.2, 0) is 4.79 Å². The molecular weight excluding hydrogens is 268 g/mol. The molecule has 4 heteroatoms. The number of benzene rings is 1. The molecule has 0 saturated carbocycles. The summed E-state index contributed by atoms with van der Waals surface area (Å²) in [5, 5.41) is 8.69. The molecule has 0 aliphatic rings. The van der Waals surface area contributed by atoms with E-state index in [0.29, 0.717) is 13.0 Å². The van der Waals surface area contributed by atoms with Crippen LogP contribution in [0.3, 0.4) is 0 Å². The van der Waals surface area contributed by atoms with Gasteiger partial charge < -0.3 is 14.6 Å². The Bertz CT molecular complexity index is 529. The lowest BCUT2D eigenvalue weighted by Gasteiger charge is -2.05. The van der Waals surface area contributed by atoms with Crippen LogP contribution in [0.5, 0.6) is 11.5 Å². The van der Waals surface area contributed by atoms with E-state index in [0.717, 1.165) is 17.1 Å². The molecule has 0 amide bonds. The van der Waals surface area contributed by atoms with E-state index in [1.165, 1.54) is 0 Å². The standard InChI is InChI=1S/C17H20O4/c1-3-6-14(10-11-17(18)19)7-5-12-21-16-9-4-8-15(13-16)20-2/h3-9,13H,1,10-12H2,2H3,(H,18,19)/b7-5-,14-6+. The van der Waals surface area contributed by atoms with Crippen LogP contribution < -0.4 is 9.47 Å². The fourth-order valence-corrected chi connectivity index (χ4v) is 1.66. The highest BCUT2D eigenvalue weighted by Gasteiger charge is 1.99. The lowest BCUT2D eigenvalue weighted by Crippen LogP contribution is -1.96. The van der Waals surface area contributed by atoms with E-state index < -0.39 is 5.97 Å². The number of aliphatic carboxylic acids is 1. The largest absolute Gasteiger partial charge is 0.497 e. The number of carboxylic acid groups (broad SMARTS) is 1. The van der Waals surface area contributed by atoms with Crippen molar-refractivity contribution in [3.63, 3.8) is 0 Å². The summed E-state index contributed by atoms with van der Waals surface area (Å²) in [6.45, 7) is 4.02. The number of carbonyl (C=O) groups is 1. The first kappa shape index (κ1) is 16.6. The first-order valence-corrected chi connectivity index (χ1v) is 6.62. The molecule has 112 valence electrons. The summed E-state index contributed by atoms with van der Waals surface area (Å²) in [5.74, 6) is 0.648. The van der Waals surface area contributed by atoms with Crippen LogP contribution in [-0.4, -0.2) is 24.8 Å². The van der Waals surface area contributed by atoms with Crippen molar-refractivity contribution < 1.29 is 19.4 Å². The number of hydrogen-bond donors (Lipinski definition) is 1. The minimum absolute atomic E-state index is 0.0980. The average Bonchev–Trinajstić information content (AvgIpc) is 2.49. The molecule has 1 N–H and O–H groups in total. The van der Waals surface area contributed by atoms with Gasteiger partial charge in [0.05, 0.1) is 7.11 Å². The van der Waals surface area contributed by atoms with E-state index in [1.54, 1.807) is 25.3 Å². The Morgan fingerprint density at radius 2 is 2.10 bits per heavy atom. The predicted octanol–water partition coefficient (Wildman–Crippen LogP) is 3.61. The second-order valence-electron chi connectivity index (χ2n) is 4.26. The summed E-state index contributed by atoms with van der Waals surface area (Å²) in [6, 6.07) is 7.35. The first-order valence-electron chi connectivity index (χ1n) is 6.62. The summed E-state index contributed by atoms with van der Waals surface area (Å²) in [4.78, 5) is 10.6. The van der Waals surface area contributed by atoms with E-state index >= 15 is 0 Å². The van der Waals surface area contributed by atoms with Gasteiger partial charge in [-0.05, 0) is 30.2 Å². The molecule has 0 saturated heterocycles. The second-order valence-corrected chi connectivity index (χ2v) is 4.26. The zero-order chi connectivity index (χ0) is 15.5. The summed E-state index contributed by atoms with van der Waals surface area (Å²) < 4.78 is 10.7. The minimum Gasteiger partial charge on any atom is -0.497 e. The molecule has 1 rings (SSSR count). The highest BCUT2D eigenvalue weighted by atomic mass is 16.5. The van der Waals surface area contributed by atoms with E-state index in [4.69, 9.17) is 14.6 Å². The zero-order valence-corrected chi connectivity index (χ0v) is 12.1. The lowest BCUT2D eigenvalue weighted by atomic mass is 10.1. The maximum Gasteiger partial charge on any atom is 0.303 e. The van der Waals surface area contributed by atoms with Gasteiger partial charge in [-0.25, -0.2) is 0 Å². The van der Waals surface area contributed by atoms with Crippen LogP contribution in [0.4, 0.5) is 0 Å². The SMILES string of the molecule is C=C/C=C(\C=C/COc1cccc(OC)c1)CCC(=O)O. The van der Waals surface area contributed by atoms with Crippen LogP contribution >= 0.6 is 0 Å². The third-order valence-electron chi connectivity index (χ3n) is 2.68. The molecule has 0 fully saturated rings. The summed E-state index contributed by atoms with van der Waals surface area (Å²) >= 11 is 0. The fourth-order valence-electron chi connectivity index (χ4n) is 1.66. The summed E-state index contributed by atoms with van der Waals surface area (Å²) in [5.41, 5.74) is 0.904. The van der Waals surface area contributed by atoms with Gasteiger partial charge in [-0.3, -0.25) is 4.79 Å². The van der Waals surface area contributed by atoms with Gasteiger partial charge >= 0.3 is 5.97 Å². The molecule has 0 spiro atoms. The summed E-state index contributed by atoms with van der Waals surface area (Å²) in [6.07, 6.45) is 7.70.